The van der Waals surface area contributed by atoms with E-state index < -0.39 is 21.5 Å². The first-order valence-electron chi connectivity index (χ1n) is 9.87. The summed E-state index contributed by atoms with van der Waals surface area (Å²) in [6.45, 7) is 1.20. The maximum atomic E-state index is 12.9. The Morgan fingerprint density at radius 2 is 1.85 bits per heavy atom. The Kier molecular flexibility index (Phi) is 6.30. The molecule has 176 valence electrons. The number of aromatic nitrogens is 2. The van der Waals surface area contributed by atoms with Gasteiger partial charge in [-0.05, 0) is 36.4 Å². The number of hydrogen-bond donors (Lipinski definition) is 0. The highest BCUT2D eigenvalue weighted by atomic mass is 32.2. The molecule has 1 aliphatic heterocycles. The lowest BCUT2D eigenvalue weighted by molar-refractivity contribution is -0.0500. The van der Waals surface area contributed by atoms with Gasteiger partial charge >= 0.3 is 15.6 Å². The Hall–Kier alpha value is -3.12. The van der Waals surface area contributed by atoms with Crippen LogP contribution in [0.1, 0.15) is 12.8 Å². The molecule has 12 heteroatoms. The number of pyridine rings is 2. The summed E-state index contributed by atoms with van der Waals surface area (Å²) in [6, 6.07) is 9.19. The molecule has 0 spiro atoms. The van der Waals surface area contributed by atoms with Gasteiger partial charge in [0.05, 0.1) is 36.9 Å². The van der Waals surface area contributed by atoms with Crippen LogP contribution in [0.25, 0.3) is 22.2 Å². The molecule has 0 atom stereocenters. The van der Waals surface area contributed by atoms with Gasteiger partial charge in [-0.3, -0.25) is 4.98 Å². The van der Waals surface area contributed by atoms with E-state index in [4.69, 9.17) is 14.2 Å². The lowest BCUT2D eigenvalue weighted by Gasteiger charge is -2.24. The van der Waals surface area contributed by atoms with Crippen LogP contribution in [0.4, 0.5) is 13.2 Å². The van der Waals surface area contributed by atoms with E-state index in [0.717, 1.165) is 12.8 Å². The molecule has 0 saturated carbocycles. The average Bonchev–Trinajstić information content (AvgIpc) is 2.79. The SMILES string of the molecule is COc1cc(-c2cc3ncccc3c(OS(=O)(=O)C(F)(F)F)n2)ccc1OC1CCOCC1. The van der Waals surface area contributed by atoms with Crippen molar-refractivity contribution in [1.82, 2.24) is 9.97 Å². The van der Waals surface area contributed by atoms with Gasteiger partial charge < -0.3 is 18.4 Å². The highest BCUT2D eigenvalue weighted by Gasteiger charge is 2.49. The Bertz CT molecular complexity index is 1260. The van der Waals surface area contributed by atoms with Crippen LogP contribution in [0.15, 0.2) is 42.6 Å². The Labute approximate surface area is 187 Å². The highest BCUT2D eigenvalue weighted by Crippen LogP contribution is 2.36. The van der Waals surface area contributed by atoms with Crippen molar-refractivity contribution < 1.29 is 40.0 Å². The van der Waals surface area contributed by atoms with Gasteiger partial charge in [-0.15, -0.1) is 0 Å². The van der Waals surface area contributed by atoms with E-state index in [2.05, 4.69) is 14.2 Å². The molecule has 3 aromatic rings. The molecule has 1 saturated heterocycles. The minimum atomic E-state index is -5.92. The van der Waals surface area contributed by atoms with E-state index >= 15 is 0 Å². The summed E-state index contributed by atoms with van der Waals surface area (Å²) in [6.07, 6.45) is 2.85. The van der Waals surface area contributed by atoms with Gasteiger partial charge in [0.1, 0.15) is 6.10 Å². The molecule has 4 rings (SSSR count). The fourth-order valence-corrected chi connectivity index (χ4v) is 3.73. The molecule has 0 unspecified atom stereocenters. The zero-order valence-electron chi connectivity index (χ0n) is 17.3. The predicted molar refractivity (Wildman–Crippen MR) is 112 cm³/mol. The summed E-state index contributed by atoms with van der Waals surface area (Å²) in [5.74, 6) is 0.143. The van der Waals surface area contributed by atoms with Gasteiger partial charge in [-0.1, -0.05) is 0 Å². The number of halogens is 3. The number of methoxy groups -OCH3 is 1. The van der Waals surface area contributed by atoms with E-state index in [1.54, 1.807) is 18.2 Å². The zero-order chi connectivity index (χ0) is 23.6. The van der Waals surface area contributed by atoms with Crippen LogP contribution in [0.2, 0.25) is 0 Å². The van der Waals surface area contributed by atoms with Gasteiger partial charge in [-0.2, -0.15) is 21.6 Å². The van der Waals surface area contributed by atoms with Crippen molar-refractivity contribution in [2.24, 2.45) is 0 Å². The largest absolute Gasteiger partial charge is 0.534 e. The fraction of sp³-hybridized carbons (Fsp3) is 0.333. The van der Waals surface area contributed by atoms with Gasteiger partial charge in [0.25, 0.3) is 0 Å². The average molecular weight is 484 g/mol. The highest BCUT2D eigenvalue weighted by molar-refractivity contribution is 7.88. The van der Waals surface area contributed by atoms with Crippen LogP contribution in [0.3, 0.4) is 0 Å². The number of fused-ring (bicyclic) bond motifs is 1. The number of nitrogens with zero attached hydrogens (tertiary/aromatic N) is 2. The van der Waals surface area contributed by atoms with Crippen LogP contribution < -0.4 is 13.7 Å². The van der Waals surface area contributed by atoms with Crippen LogP contribution in [-0.4, -0.2) is 50.3 Å². The second-order valence-corrected chi connectivity index (χ2v) is 8.70. The molecule has 0 aliphatic carbocycles. The van der Waals surface area contributed by atoms with Crippen molar-refractivity contribution in [3.63, 3.8) is 0 Å². The molecule has 1 aromatic carbocycles. The monoisotopic (exact) mass is 484 g/mol. The zero-order valence-corrected chi connectivity index (χ0v) is 18.1. The molecule has 33 heavy (non-hydrogen) atoms. The molecule has 0 bridgehead atoms. The minimum Gasteiger partial charge on any atom is -0.493 e. The van der Waals surface area contributed by atoms with Gasteiger partial charge in [0, 0.05) is 24.6 Å². The predicted octanol–water partition coefficient (Wildman–Crippen LogP) is 4.09. The molecule has 8 nitrogen and oxygen atoms in total. The van der Waals surface area contributed by atoms with Crippen molar-refractivity contribution >= 4 is 21.0 Å². The van der Waals surface area contributed by atoms with E-state index in [1.165, 1.54) is 31.5 Å². The summed E-state index contributed by atoms with van der Waals surface area (Å²) >= 11 is 0. The summed E-state index contributed by atoms with van der Waals surface area (Å²) in [5.41, 5.74) is -4.82. The Morgan fingerprint density at radius 3 is 2.55 bits per heavy atom. The number of rotatable bonds is 6. The number of alkyl halides is 3. The maximum Gasteiger partial charge on any atom is 0.534 e. The molecule has 2 aromatic heterocycles. The van der Waals surface area contributed by atoms with Gasteiger partial charge in [-0.25, -0.2) is 4.98 Å². The molecule has 3 heterocycles. The third-order valence-corrected chi connectivity index (χ3v) is 5.90. The minimum absolute atomic E-state index is 0.0144. The van der Waals surface area contributed by atoms with Crippen molar-refractivity contribution in [2.45, 2.75) is 24.5 Å². The first-order valence-corrected chi connectivity index (χ1v) is 11.3. The number of ether oxygens (including phenoxy) is 3. The summed E-state index contributed by atoms with van der Waals surface area (Å²) in [4.78, 5) is 8.13. The van der Waals surface area contributed by atoms with Crippen LogP contribution in [0, 0.1) is 0 Å². The Balaban J connectivity index is 1.73. The molecule has 1 aliphatic rings. The maximum absolute atomic E-state index is 12.9. The lowest BCUT2D eigenvalue weighted by atomic mass is 10.1. The third-order valence-electron chi connectivity index (χ3n) is 4.96. The smallest absolute Gasteiger partial charge is 0.493 e. The molecular formula is C21H19F3N2O6S. The number of hydrogen-bond acceptors (Lipinski definition) is 8. The van der Waals surface area contributed by atoms with Crippen LogP contribution in [0.5, 0.6) is 17.4 Å². The van der Waals surface area contributed by atoms with Gasteiger partial charge in [0.15, 0.2) is 11.5 Å². The van der Waals surface area contributed by atoms with E-state index in [9.17, 15) is 21.6 Å². The quantitative estimate of drug-likeness (QED) is 0.381. The third kappa shape index (κ3) is 4.96. The first kappa shape index (κ1) is 23.1. The van der Waals surface area contributed by atoms with Crippen molar-refractivity contribution in [3.05, 3.63) is 42.6 Å². The lowest BCUT2D eigenvalue weighted by Crippen LogP contribution is -2.28. The second kappa shape index (κ2) is 9.02. The van der Waals surface area contributed by atoms with E-state index in [1.807, 2.05) is 0 Å². The molecule has 1 fully saturated rings. The molecular weight excluding hydrogens is 465 g/mol. The topological polar surface area (TPSA) is 96.8 Å². The summed E-state index contributed by atoms with van der Waals surface area (Å²) in [7, 11) is -4.47. The van der Waals surface area contributed by atoms with Crippen LogP contribution >= 0.6 is 0 Å². The van der Waals surface area contributed by atoms with Gasteiger partial charge in [0.2, 0.25) is 5.88 Å². The van der Waals surface area contributed by atoms with Crippen LogP contribution in [-0.2, 0) is 14.9 Å². The first-order chi connectivity index (χ1) is 15.7. The standard InChI is InChI=1S/C21H19F3N2O6S/c1-29-19-11-13(4-5-18(19)31-14-6-9-30-10-7-14)16-12-17-15(3-2-8-25-17)20(26-16)32-33(27,28)21(22,23)24/h2-5,8,11-12,14H,6-7,9-10H2,1H3. The molecule has 0 radical (unpaired) electrons. The fourth-order valence-electron chi connectivity index (χ4n) is 3.30. The summed E-state index contributed by atoms with van der Waals surface area (Å²) in [5, 5.41) is 0.0144. The Morgan fingerprint density at radius 1 is 1.09 bits per heavy atom. The number of benzene rings is 1. The van der Waals surface area contributed by atoms with E-state index in [0.29, 0.717) is 30.3 Å². The van der Waals surface area contributed by atoms with Crippen molar-refractivity contribution in [3.8, 4) is 28.6 Å². The van der Waals surface area contributed by atoms with Crippen molar-refractivity contribution in [1.29, 1.82) is 0 Å². The molecule has 0 N–H and O–H groups in total. The van der Waals surface area contributed by atoms with E-state index in [-0.39, 0.29) is 22.7 Å². The normalized spacial score (nSPS) is 15.4. The second-order valence-electron chi connectivity index (χ2n) is 7.16. The van der Waals surface area contributed by atoms with Crippen molar-refractivity contribution in [2.75, 3.05) is 20.3 Å². The summed E-state index contributed by atoms with van der Waals surface area (Å²) < 4.78 is 82.9. The molecule has 0 amide bonds.